The molecule has 0 spiro atoms. The molecule has 208 valence electrons. The monoisotopic (exact) mass is 533 g/mol. The third kappa shape index (κ3) is 22.5. The average Bonchev–Trinajstić information content (AvgIpc) is 2.78. The third-order valence-corrected chi connectivity index (χ3v) is 8.23. The largest absolute Gasteiger partial charge is 1.00 e. The predicted molar refractivity (Wildman–Crippen MR) is 149 cm³/mol. The number of nitrogens with zero attached hydrogens (tertiary/aromatic N) is 1. The first-order valence-corrected chi connectivity index (χ1v) is 15.8. The molecule has 1 aromatic rings. The minimum absolute atomic E-state index is 0. The van der Waals surface area contributed by atoms with Gasteiger partial charge in [-0.1, -0.05) is 122 Å². The molecule has 0 aliphatic carbocycles. The molecule has 6 heteroatoms. The highest BCUT2D eigenvalue weighted by molar-refractivity contribution is 7.52. The van der Waals surface area contributed by atoms with E-state index >= 15 is 0 Å². The van der Waals surface area contributed by atoms with E-state index in [1.54, 1.807) is 0 Å². The summed E-state index contributed by atoms with van der Waals surface area (Å²) in [6, 6.07) is 10.9. The second-order valence-corrected chi connectivity index (χ2v) is 12.5. The van der Waals surface area contributed by atoms with Crippen molar-refractivity contribution in [3.63, 3.8) is 0 Å². The van der Waals surface area contributed by atoms with Gasteiger partial charge in [0.1, 0.15) is 6.54 Å². The maximum absolute atomic E-state index is 10.9. The maximum atomic E-state index is 10.9. The van der Waals surface area contributed by atoms with Crippen LogP contribution >= 0.6 is 7.60 Å². The number of hydrogen-bond acceptors (Lipinski definition) is 1. The summed E-state index contributed by atoms with van der Waals surface area (Å²) in [7, 11) is 0.908. The van der Waals surface area contributed by atoms with E-state index in [0.717, 1.165) is 30.3 Å². The molecule has 0 radical (unpaired) electrons. The van der Waals surface area contributed by atoms with Gasteiger partial charge in [0.25, 0.3) is 0 Å². The van der Waals surface area contributed by atoms with Crippen LogP contribution in [0.5, 0.6) is 0 Å². The molecule has 4 nitrogen and oxygen atoms in total. The standard InChI is InChI=1S/C21H38N.C8H19O3P.ClH/c1-4-5-6-7-8-9-10-11-12-16-19-22(2,3)20-21-17-14-13-15-18-21;1-3-5-6-7-8(4-2)12(9,10)11;/h13-15,17-18H,4-12,16,19-20H2,1-3H3;8H,3-7H2,1-2H3,(H2,9,10,11);1H/q+1;;/p-1. The highest BCUT2D eigenvalue weighted by Crippen LogP contribution is 2.45. The summed E-state index contributed by atoms with van der Waals surface area (Å²) < 4.78 is 12.0. The SMILES string of the molecule is CCCCCC(CC)P(=O)(O)O.CCCCCCCCCCCC[N+](C)(C)Cc1ccccc1.[Cl-]. The van der Waals surface area contributed by atoms with Gasteiger partial charge in [0.15, 0.2) is 0 Å². The molecule has 2 N–H and O–H groups in total. The number of halogens is 1. The molecule has 0 aliphatic heterocycles. The maximum Gasteiger partial charge on any atom is 0.328 e. The molecule has 0 bridgehead atoms. The number of hydrogen-bond donors (Lipinski definition) is 2. The summed E-state index contributed by atoms with van der Waals surface area (Å²) in [6.07, 6.45) is 18.6. The first kappa shape index (κ1) is 36.8. The first-order valence-electron chi connectivity index (χ1n) is 14.1. The highest BCUT2D eigenvalue weighted by Gasteiger charge is 2.25. The van der Waals surface area contributed by atoms with Crippen LogP contribution < -0.4 is 12.4 Å². The molecular formula is C29H57ClNO3P. The van der Waals surface area contributed by atoms with Crippen molar-refractivity contribution >= 4 is 7.60 Å². The summed E-state index contributed by atoms with van der Waals surface area (Å²) in [5.41, 5.74) is 1.05. The van der Waals surface area contributed by atoms with Crippen molar-refractivity contribution < 1.29 is 31.2 Å². The fraction of sp³-hybridized carbons (Fsp3) is 0.793. The van der Waals surface area contributed by atoms with E-state index in [1.807, 2.05) is 6.92 Å². The zero-order chi connectivity index (χ0) is 25.7. The predicted octanol–water partition coefficient (Wildman–Crippen LogP) is 5.71. The lowest BCUT2D eigenvalue weighted by atomic mass is 10.1. The summed E-state index contributed by atoms with van der Waals surface area (Å²) in [5, 5.41) is 0. The highest BCUT2D eigenvalue weighted by atomic mass is 35.5. The van der Waals surface area contributed by atoms with Gasteiger partial charge in [0.05, 0.1) is 26.3 Å². The van der Waals surface area contributed by atoms with E-state index in [1.165, 1.54) is 76.3 Å². The summed E-state index contributed by atoms with van der Waals surface area (Å²) in [4.78, 5) is 17.8. The topological polar surface area (TPSA) is 57.5 Å². The molecule has 0 aromatic heterocycles. The van der Waals surface area contributed by atoms with Gasteiger partial charge in [0, 0.05) is 5.56 Å². The Labute approximate surface area is 224 Å². The van der Waals surface area contributed by atoms with Crippen LogP contribution in [-0.4, -0.2) is 40.6 Å². The van der Waals surface area contributed by atoms with Crippen molar-refractivity contribution in [2.45, 2.75) is 129 Å². The van der Waals surface area contributed by atoms with Gasteiger partial charge in [-0.05, 0) is 25.7 Å². The van der Waals surface area contributed by atoms with Gasteiger partial charge in [0.2, 0.25) is 0 Å². The Hall–Kier alpha value is -0.380. The van der Waals surface area contributed by atoms with Crippen molar-refractivity contribution in [1.29, 1.82) is 0 Å². The molecule has 0 saturated heterocycles. The third-order valence-electron chi connectivity index (χ3n) is 6.66. The van der Waals surface area contributed by atoms with Crippen molar-refractivity contribution in [2.24, 2.45) is 0 Å². The minimum Gasteiger partial charge on any atom is -1.00 e. The van der Waals surface area contributed by atoms with E-state index in [9.17, 15) is 4.57 Å². The summed E-state index contributed by atoms with van der Waals surface area (Å²) >= 11 is 0. The zero-order valence-electron chi connectivity index (χ0n) is 23.6. The van der Waals surface area contributed by atoms with Crippen LogP contribution in [0.2, 0.25) is 0 Å². The summed E-state index contributed by atoms with van der Waals surface area (Å²) in [6.45, 7) is 8.65. The first-order chi connectivity index (χ1) is 16.2. The molecule has 35 heavy (non-hydrogen) atoms. The fourth-order valence-corrected chi connectivity index (χ4v) is 5.42. The smallest absolute Gasteiger partial charge is 0.328 e. The van der Waals surface area contributed by atoms with Gasteiger partial charge in [-0.15, -0.1) is 0 Å². The Bertz CT molecular complexity index is 622. The van der Waals surface area contributed by atoms with Crippen molar-refractivity contribution in [2.75, 3.05) is 20.6 Å². The van der Waals surface area contributed by atoms with E-state index in [0.29, 0.717) is 12.8 Å². The van der Waals surface area contributed by atoms with Crippen molar-refractivity contribution in [3.8, 4) is 0 Å². The lowest BCUT2D eigenvalue weighted by Gasteiger charge is -2.30. The Morgan fingerprint density at radius 2 is 1.20 bits per heavy atom. The van der Waals surface area contributed by atoms with Crippen LogP contribution in [0, 0.1) is 0 Å². The van der Waals surface area contributed by atoms with Crippen LogP contribution in [0.3, 0.4) is 0 Å². The van der Waals surface area contributed by atoms with Gasteiger partial charge in [-0.3, -0.25) is 4.57 Å². The Kier molecular flexibility index (Phi) is 23.9. The molecule has 0 fully saturated rings. The second kappa shape index (κ2) is 22.8. The van der Waals surface area contributed by atoms with Gasteiger partial charge in [-0.25, -0.2) is 0 Å². The normalized spacial score (nSPS) is 12.4. The summed E-state index contributed by atoms with van der Waals surface area (Å²) in [5.74, 6) is 0. The number of quaternary nitrogens is 1. The van der Waals surface area contributed by atoms with E-state index < -0.39 is 13.3 Å². The van der Waals surface area contributed by atoms with Crippen molar-refractivity contribution in [1.82, 2.24) is 0 Å². The van der Waals surface area contributed by atoms with E-state index in [-0.39, 0.29) is 12.4 Å². The van der Waals surface area contributed by atoms with Gasteiger partial charge in [-0.2, -0.15) is 0 Å². The zero-order valence-corrected chi connectivity index (χ0v) is 25.2. The van der Waals surface area contributed by atoms with Gasteiger partial charge >= 0.3 is 7.60 Å². The van der Waals surface area contributed by atoms with Crippen LogP contribution in [0.1, 0.15) is 123 Å². The molecule has 0 heterocycles. The molecule has 0 aliphatic rings. The van der Waals surface area contributed by atoms with Crippen LogP contribution in [0.15, 0.2) is 30.3 Å². The molecule has 0 amide bonds. The van der Waals surface area contributed by atoms with E-state index in [4.69, 9.17) is 9.79 Å². The molecule has 1 rings (SSSR count). The molecule has 1 aromatic carbocycles. The molecular weight excluding hydrogens is 477 g/mol. The quantitative estimate of drug-likeness (QED) is 0.136. The number of unbranched alkanes of at least 4 members (excludes halogenated alkanes) is 11. The Morgan fingerprint density at radius 3 is 1.66 bits per heavy atom. The lowest BCUT2D eigenvalue weighted by molar-refractivity contribution is -0.903. The molecule has 1 atom stereocenters. The van der Waals surface area contributed by atoms with Crippen LogP contribution in [0.4, 0.5) is 0 Å². The minimum atomic E-state index is -3.82. The second-order valence-electron chi connectivity index (χ2n) is 10.6. The average molecular weight is 534 g/mol. The van der Waals surface area contributed by atoms with Gasteiger partial charge < -0.3 is 26.7 Å². The molecule has 0 saturated carbocycles. The number of benzene rings is 1. The van der Waals surface area contributed by atoms with Crippen LogP contribution in [0.25, 0.3) is 0 Å². The Balaban J connectivity index is 0. The van der Waals surface area contributed by atoms with Crippen molar-refractivity contribution in [3.05, 3.63) is 35.9 Å². The number of rotatable bonds is 19. The molecule has 1 unspecified atom stereocenters. The Morgan fingerprint density at radius 1 is 0.743 bits per heavy atom. The van der Waals surface area contributed by atoms with Crippen LogP contribution in [-0.2, 0) is 11.1 Å². The van der Waals surface area contributed by atoms with E-state index in [2.05, 4.69) is 58.3 Å². The lowest BCUT2D eigenvalue weighted by Crippen LogP contribution is -3.00. The fourth-order valence-electron chi connectivity index (χ4n) is 4.42.